The van der Waals surface area contributed by atoms with Gasteiger partial charge >= 0.3 is 0 Å². The lowest BCUT2D eigenvalue weighted by Gasteiger charge is -2.20. The van der Waals surface area contributed by atoms with E-state index < -0.39 is 10.0 Å². The fourth-order valence-corrected chi connectivity index (χ4v) is 4.93. The SMILES string of the molecule is O=C(C=Cc1ccccc1)NC(=S)Nc1ccc(S(=O)(=O)N2CCCCCC2)cc1. The molecule has 0 spiro atoms. The quantitative estimate of drug-likeness (QED) is 0.543. The van der Waals surface area contributed by atoms with Gasteiger partial charge in [0.15, 0.2) is 5.11 Å². The van der Waals surface area contributed by atoms with Crippen LogP contribution in [0.2, 0.25) is 0 Å². The van der Waals surface area contributed by atoms with Gasteiger partial charge in [-0.2, -0.15) is 4.31 Å². The predicted molar refractivity (Wildman–Crippen MR) is 124 cm³/mol. The Morgan fingerprint density at radius 3 is 2.20 bits per heavy atom. The van der Waals surface area contributed by atoms with Gasteiger partial charge in [0.2, 0.25) is 15.9 Å². The largest absolute Gasteiger partial charge is 0.332 e. The van der Waals surface area contributed by atoms with E-state index in [1.807, 2.05) is 30.3 Å². The second-order valence-corrected chi connectivity index (χ2v) is 9.38. The molecule has 0 aliphatic carbocycles. The van der Waals surface area contributed by atoms with Crippen molar-refractivity contribution in [3.8, 4) is 0 Å². The summed E-state index contributed by atoms with van der Waals surface area (Å²) in [5.41, 5.74) is 1.51. The molecule has 0 bridgehead atoms. The number of nitrogens with one attached hydrogen (secondary N) is 2. The molecule has 158 valence electrons. The highest BCUT2D eigenvalue weighted by Crippen LogP contribution is 2.21. The third-order valence-electron chi connectivity index (χ3n) is 4.78. The standard InChI is InChI=1S/C22H25N3O3S2/c26-21(15-10-18-8-4-3-5-9-18)24-22(29)23-19-11-13-20(14-12-19)30(27,28)25-16-6-1-2-7-17-25/h3-5,8-15H,1-2,6-7,16-17H2,(H2,23,24,26,29). The van der Waals surface area contributed by atoms with Crippen LogP contribution in [0, 0.1) is 0 Å². The van der Waals surface area contributed by atoms with Gasteiger partial charge in [-0.1, -0.05) is 43.2 Å². The molecule has 2 N–H and O–H groups in total. The van der Waals surface area contributed by atoms with Crippen LogP contribution in [0.3, 0.4) is 0 Å². The normalized spacial score (nSPS) is 15.5. The minimum atomic E-state index is -3.49. The van der Waals surface area contributed by atoms with Crippen molar-refractivity contribution in [3.05, 3.63) is 66.2 Å². The van der Waals surface area contributed by atoms with Crippen molar-refractivity contribution in [3.63, 3.8) is 0 Å². The molecule has 1 fully saturated rings. The summed E-state index contributed by atoms with van der Waals surface area (Å²) in [6.45, 7) is 1.13. The Morgan fingerprint density at radius 1 is 0.933 bits per heavy atom. The van der Waals surface area contributed by atoms with Crippen molar-refractivity contribution in [2.75, 3.05) is 18.4 Å². The van der Waals surface area contributed by atoms with E-state index in [9.17, 15) is 13.2 Å². The molecule has 1 heterocycles. The van der Waals surface area contributed by atoms with Gasteiger partial charge in [-0.15, -0.1) is 0 Å². The lowest BCUT2D eigenvalue weighted by atomic mass is 10.2. The summed E-state index contributed by atoms with van der Waals surface area (Å²) in [5, 5.41) is 5.61. The predicted octanol–water partition coefficient (Wildman–Crippen LogP) is 3.78. The summed E-state index contributed by atoms with van der Waals surface area (Å²) in [5.74, 6) is -0.350. The molecule has 6 nitrogen and oxygen atoms in total. The number of hydrogen-bond donors (Lipinski definition) is 2. The molecule has 1 amide bonds. The topological polar surface area (TPSA) is 78.5 Å². The third-order valence-corrected chi connectivity index (χ3v) is 6.90. The lowest BCUT2D eigenvalue weighted by Crippen LogP contribution is -2.33. The fourth-order valence-electron chi connectivity index (χ4n) is 3.19. The Labute approximate surface area is 183 Å². The Morgan fingerprint density at radius 2 is 1.57 bits per heavy atom. The molecule has 0 aromatic heterocycles. The average molecular weight is 444 g/mol. The number of carbonyl (C=O) groups excluding carboxylic acids is 1. The number of anilines is 1. The van der Waals surface area contributed by atoms with Gasteiger partial charge in [0.25, 0.3) is 0 Å². The van der Waals surface area contributed by atoms with E-state index >= 15 is 0 Å². The maximum absolute atomic E-state index is 12.8. The third kappa shape index (κ3) is 6.22. The molecule has 0 unspecified atom stereocenters. The van der Waals surface area contributed by atoms with E-state index in [0.29, 0.717) is 18.8 Å². The van der Waals surface area contributed by atoms with Crippen LogP contribution in [-0.2, 0) is 14.8 Å². The van der Waals surface area contributed by atoms with Crippen molar-refractivity contribution in [2.45, 2.75) is 30.6 Å². The van der Waals surface area contributed by atoms with Crippen molar-refractivity contribution < 1.29 is 13.2 Å². The Bertz CT molecular complexity index is 996. The number of hydrogen-bond acceptors (Lipinski definition) is 4. The van der Waals surface area contributed by atoms with E-state index in [-0.39, 0.29) is 15.9 Å². The van der Waals surface area contributed by atoms with E-state index in [4.69, 9.17) is 12.2 Å². The molecule has 1 aliphatic rings. The van der Waals surface area contributed by atoms with Crippen LogP contribution < -0.4 is 10.6 Å². The molecule has 1 saturated heterocycles. The van der Waals surface area contributed by atoms with Crippen molar-refractivity contribution in [1.82, 2.24) is 9.62 Å². The Balaban J connectivity index is 1.56. The zero-order valence-corrected chi connectivity index (χ0v) is 18.2. The van der Waals surface area contributed by atoms with Crippen LogP contribution in [0.4, 0.5) is 5.69 Å². The molecule has 1 aliphatic heterocycles. The summed E-state index contributed by atoms with van der Waals surface area (Å²) in [4.78, 5) is 12.3. The molecule has 0 atom stereocenters. The highest BCUT2D eigenvalue weighted by atomic mass is 32.2. The van der Waals surface area contributed by atoms with Crippen LogP contribution in [0.15, 0.2) is 65.6 Å². The average Bonchev–Trinajstić information content (AvgIpc) is 3.03. The lowest BCUT2D eigenvalue weighted by molar-refractivity contribution is -0.115. The first-order chi connectivity index (χ1) is 14.4. The second kappa shape index (κ2) is 10.5. The number of rotatable bonds is 5. The van der Waals surface area contributed by atoms with E-state index in [1.165, 1.54) is 6.08 Å². The molecule has 2 aromatic rings. The monoisotopic (exact) mass is 443 g/mol. The van der Waals surface area contributed by atoms with Crippen LogP contribution >= 0.6 is 12.2 Å². The summed E-state index contributed by atoms with van der Waals surface area (Å²) in [6.07, 6.45) is 7.02. The van der Waals surface area contributed by atoms with Gasteiger partial charge in [-0.05, 0) is 61.0 Å². The second-order valence-electron chi connectivity index (χ2n) is 7.03. The van der Waals surface area contributed by atoms with Crippen LogP contribution in [0.1, 0.15) is 31.2 Å². The first-order valence-corrected chi connectivity index (χ1v) is 11.8. The molecule has 0 saturated carbocycles. The first-order valence-electron chi connectivity index (χ1n) is 9.90. The summed E-state index contributed by atoms with van der Waals surface area (Å²) >= 11 is 5.16. The Hall–Kier alpha value is -2.55. The molecule has 2 aromatic carbocycles. The zero-order valence-electron chi connectivity index (χ0n) is 16.6. The van der Waals surface area contributed by atoms with E-state index in [0.717, 1.165) is 31.2 Å². The van der Waals surface area contributed by atoms with Gasteiger partial charge < -0.3 is 5.32 Å². The highest BCUT2D eigenvalue weighted by Gasteiger charge is 2.24. The highest BCUT2D eigenvalue weighted by molar-refractivity contribution is 7.89. The minimum absolute atomic E-state index is 0.140. The molecular weight excluding hydrogens is 418 g/mol. The van der Waals surface area contributed by atoms with Crippen molar-refractivity contribution in [1.29, 1.82) is 0 Å². The molecule has 8 heteroatoms. The van der Waals surface area contributed by atoms with Crippen LogP contribution in [-0.4, -0.2) is 36.8 Å². The molecule has 30 heavy (non-hydrogen) atoms. The first kappa shape index (κ1) is 22.1. The van der Waals surface area contributed by atoms with Gasteiger partial charge in [0.1, 0.15) is 0 Å². The number of amides is 1. The van der Waals surface area contributed by atoms with E-state index in [2.05, 4.69) is 10.6 Å². The zero-order chi connectivity index (χ0) is 21.4. The Kier molecular flexibility index (Phi) is 7.73. The summed E-state index contributed by atoms with van der Waals surface area (Å²) < 4.78 is 27.2. The van der Waals surface area contributed by atoms with E-state index in [1.54, 1.807) is 34.6 Å². The number of sulfonamides is 1. The summed E-state index contributed by atoms with van der Waals surface area (Å²) in [7, 11) is -3.49. The van der Waals surface area contributed by atoms with Gasteiger partial charge in [0.05, 0.1) is 4.90 Å². The van der Waals surface area contributed by atoms with Gasteiger partial charge in [-0.3, -0.25) is 10.1 Å². The summed E-state index contributed by atoms with van der Waals surface area (Å²) in [6, 6.07) is 15.9. The van der Waals surface area contributed by atoms with Crippen molar-refractivity contribution in [2.24, 2.45) is 0 Å². The van der Waals surface area contributed by atoms with Crippen molar-refractivity contribution >= 4 is 45.0 Å². The molecule has 3 rings (SSSR count). The smallest absolute Gasteiger partial charge is 0.250 e. The maximum atomic E-state index is 12.8. The van der Waals surface area contributed by atoms with Crippen LogP contribution in [0.25, 0.3) is 6.08 Å². The number of nitrogens with zero attached hydrogens (tertiary/aromatic N) is 1. The molecular formula is C22H25N3O3S2. The van der Waals surface area contributed by atoms with Crippen LogP contribution in [0.5, 0.6) is 0 Å². The van der Waals surface area contributed by atoms with Gasteiger partial charge in [-0.25, -0.2) is 8.42 Å². The fraction of sp³-hybridized carbons (Fsp3) is 0.273. The van der Waals surface area contributed by atoms with Gasteiger partial charge in [0, 0.05) is 24.9 Å². The molecule has 0 radical (unpaired) electrons. The number of thiocarbonyl (C=S) groups is 1. The number of carbonyl (C=O) groups is 1. The maximum Gasteiger partial charge on any atom is 0.250 e. The minimum Gasteiger partial charge on any atom is -0.332 e. The number of benzene rings is 2.